The summed E-state index contributed by atoms with van der Waals surface area (Å²) in [4.78, 5) is 28.1. The smallest absolute Gasteiger partial charge is 0.255 e. The predicted molar refractivity (Wildman–Crippen MR) is 135 cm³/mol. The van der Waals surface area contributed by atoms with Gasteiger partial charge in [-0.3, -0.25) is 9.59 Å². The lowest BCUT2D eigenvalue weighted by Gasteiger charge is -2.31. The number of benzene rings is 3. The molecule has 10 heteroatoms. The molecule has 3 aromatic rings. The predicted octanol–water partition coefficient (Wildman–Crippen LogP) is 3.34. The Morgan fingerprint density at radius 3 is 2.35 bits per heavy atom. The van der Waals surface area contributed by atoms with Gasteiger partial charge in [0.05, 0.1) is 24.2 Å². The highest BCUT2D eigenvalue weighted by molar-refractivity contribution is 7.89. The first-order valence-corrected chi connectivity index (χ1v) is 13.3. The molecule has 0 aromatic heterocycles. The van der Waals surface area contributed by atoms with Crippen molar-refractivity contribution in [3.8, 4) is 0 Å². The lowest BCUT2D eigenvalue weighted by Crippen LogP contribution is -2.40. The summed E-state index contributed by atoms with van der Waals surface area (Å²) >= 11 is 0. The van der Waals surface area contributed by atoms with Crippen molar-refractivity contribution in [1.82, 2.24) is 9.21 Å². The van der Waals surface area contributed by atoms with Crippen LogP contribution in [0.15, 0.2) is 71.6 Å². The summed E-state index contributed by atoms with van der Waals surface area (Å²) in [6, 6.07) is 16.4. The molecular weight excluding hydrogens is 497 g/mol. The van der Waals surface area contributed by atoms with Crippen molar-refractivity contribution in [2.45, 2.75) is 17.9 Å². The Hall–Kier alpha value is -3.60. The number of carbonyl (C=O) groups excluding carboxylic acids is 2. The molecule has 1 fully saturated rings. The number of carbonyl (C=O) groups is 2. The number of morpholine rings is 1. The van der Waals surface area contributed by atoms with Gasteiger partial charge in [0.25, 0.3) is 5.91 Å². The van der Waals surface area contributed by atoms with Crippen LogP contribution in [0.1, 0.15) is 33.1 Å². The number of hydrogen-bond donors (Lipinski definition) is 1. The minimum absolute atomic E-state index is 0.0793. The topological polar surface area (TPSA) is 96.0 Å². The molecule has 0 radical (unpaired) electrons. The van der Waals surface area contributed by atoms with Crippen molar-refractivity contribution < 1.29 is 27.1 Å². The monoisotopic (exact) mass is 523 g/mol. The Balaban J connectivity index is 1.53. The molecule has 1 N–H and O–H groups in total. The van der Waals surface area contributed by atoms with E-state index in [0.29, 0.717) is 30.0 Å². The molecule has 1 saturated heterocycles. The Kier molecular flexibility index (Phi) is 6.80. The highest BCUT2D eigenvalue weighted by Gasteiger charge is 2.34. The van der Waals surface area contributed by atoms with Crippen molar-refractivity contribution in [2.75, 3.05) is 38.2 Å². The van der Waals surface area contributed by atoms with Crippen LogP contribution in [0.2, 0.25) is 0 Å². The third-order valence-corrected chi connectivity index (χ3v) is 8.47. The molecule has 5 rings (SSSR count). The van der Waals surface area contributed by atoms with Crippen LogP contribution in [0.25, 0.3) is 0 Å². The quantitative estimate of drug-likeness (QED) is 0.566. The van der Waals surface area contributed by atoms with E-state index in [-0.39, 0.29) is 36.0 Å². The minimum atomic E-state index is -3.72. The highest BCUT2D eigenvalue weighted by Crippen LogP contribution is 2.37. The average Bonchev–Trinajstić information content (AvgIpc) is 3.05. The number of aryl methyl sites for hydroxylation is 1. The fraction of sp³-hybridized carbons (Fsp3) is 0.259. The molecule has 192 valence electrons. The molecule has 2 aliphatic heterocycles. The zero-order chi connectivity index (χ0) is 26.2. The van der Waals surface area contributed by atoms with Crippen molar-refractivity contribution in [2.24, 2.45) is 0 Å². The van der Waals surface area contributed by atoms with Gasteiger partial charge in [0.2, 0.25) is 15.9 Å². The standard InChI is InChI=1S/C27H26FN3O5S/c1-18-2-11-24-23(16-18)26(19-3-7-21(28)8-4-19)31(17-25(32)29-24)27(33)20-5-9-22(10-6-20)37(34,35)30-12-14-36-15-13-30/h2-11,16,26H,12-15,17H2,1H3,(H,29,32)/t26-/m1/s1. The largest absolute Gasteiger partial charge is 0.379 e. The Labute approximate surface area is 214 Å². The zero-order valence-electron chi connectivity index (χ0n) is 20.2. The van der Waals surface area contributed by atoms with Gasteiger partial charge in [0.15, 0.2) is 0 Å². The van der Waals surface area contributed by atoms with Crippen LogP contribution in [0, 0.1) is 12.7 Å². The number of anilines is 1. The molecule has 1 atom stereocenters. The molecule has 0 bridgehead atoms. The molecule has 3 aromatic carbocycles. The van der Waals surface area contributed by atoms with Crippen LogP contribution in [0.4, 0.5) is 10.1 Å². The molecule has 8 nitrogen and oxygen atoms in total. The zero-order valence-corrected chi connectivity index (χ0v) is 21.0. The summed E-state index contributed by atoms with van der Waals surface area (Å²) in [6.45, 7) is 2.88. The summed E-state index contributed by atoms with van der Waals surface area (Å²) in [7, 11) is -3.72. The number of nitrogens with zero attached hydrogens (tertiary/aromatic N) is 2. The number of amides is 2. The second kappa shape index (κ2) is 10.0. The summed E-state index contributed by atoms with van der Waals surface area (Å²) in [5.41, 5.74) is 3.10. The molecule has 2 amide bonds. The van der Waals surface area contributed by atoms with Gasteiger partial charge < -0.3 is 15.0 Å². The van der Waals surface area contributed by atoms with E-state index in [1.807, 2.05) is 19.1 Å². The number of hydrogen-bond acceptors (Lipinski definition) is 5. The highest BCUT2D eigenvalue weighted by atomic mass is 32.2. The van der Waals surface area contributed by atoms with Gasteiger partial charge in [-0.1, -0.05) is 29.8 Å². The van der Waals surface area contributed by atoms with E-state index in [2.05, 4.69) is 5.32 Å². The fourth-order valence-corrected chi connectivity index (χ4v) is 6.10. The Bertz CT molecular complexity index is 1440. The normalized spacial score (nSPS) is 18.6. The molecule has 0 spiro atoms. The molecule has 2 aliphatic rings. The van der Waals surface area contributed by atoms with Gasteiger partial charge in [-0.25, -0.2) is 12.8 Å². The molecule has 0 aliphatic carbocycles. The summed E-state index contributed by atoms with van der Waals surface area (Å²) in [5, 5.41) is 2.86. The van der Waals surface area contributed by atoms with Crippen LogP contribution >= 0.6 is 0 Å². The van der Waals surface area contributed by atoms with Gasteiger partial charge in [0, 0.05) is 29.9 Å². The third-order valence-electron chi connectivity index (χ3n) is 6.56. The van der Waals surface area contributed by atoms with E-state index in [1.165, 1.54) is 45.6 Å². The maximum Gasteiger partial charge on any atom is 0.255 e. The number of ether oxygens (including phenoxy) is 1. The van der Waals surface area contributed by atoms with Crippen molar-refractivity contribution in [3.63, 3.8) is 0 Å². The Morgan fingerprint density at radius 2 is 1.68 bits per heavy atom. The number of halogens is 1. The molecular formula is C27H26FN3O5S. The summed E-state index contributed by atoms with van der Waals surface area (Å²) in [5.74, 6) is -1.23. The van der Waals surface area contributed by atoms with Gasteiger partial charge >= 0.3 is 0 Å². The first-order chi connectivity index (χ1) is 17.7. The van der Waals surface area contributed by atoms with Gasteiger partial charge in [0.1, 0.15) is 12.4 Å². The van der Waals surface area contributed by atoms with Gasteiger partial charge in [-0.05, 0) is 55.0 Å². The van der Waals surface area contributed by atoms with Crippen LogP contribution in [0.5, 0.6) is 0 Å². The van der Waals surface area contributed by atoms with E-state index in [4.69, 9.17) is 4.74 Å². The van der Waals surface area contributed by atoms with Gasteiger partial charge in [-0.2, -0.15) is 4.31 Å². The lowest BCUT2D eigenvalue weighted by molar-refractivity contribution is -0.117. The van der Waals surface area contributed by atoms with Crippen LogP contribution in [-0.2, 0) is 19.6 Å². The second-order valence-electron chi connectivity index (χ2n) is 9.07. The van der Waals surface area contributed by atoms with Crippen molar-refractivity contribution >= 4 is 27.5 Å². The number of nitrogens with one attached hydrogen (secondary N) is 1. The Morgan fingerprint density at radius 1 is 1.00 bits per heavy atom. The number of fused-ring (bicyclic) bond motifs is 1. The molecule has 0 saturated carbocycles. The molecule has 0 unspecified atom stereocenters. The summed E-state index contributed by atoms with van der Waals surface area (Å²) < 4.78 is 46.3. The van der Waals surface area contributed by atoms with Crippen molar-refractivity contribution in [1.29, 1.82) is 0 Å². The fourth-order valence-electron chi connectivity index (χ4n) is 4.69. The maximum absolute atomic E-state index is 13.8. The van der Waals surface area contributed by atoms with E-state index < -0.39 is 27.8 Å². The maximum atomic E-state index is 13.8. The van der Waals surface area contributed by atoms with E-state index in [1.54, 1.807) is 18.2 Å². The van der Waals surface area contributed by atoms with Crippen LogP contribution < -0.4 is 5.32 Å². The van der Waals surface area contributed by atoms with E-state index >= 15 is 0 Å². The van der Waals surface area contributed by atoms with Crippen LogP contribution in [0.3, 0.4) is 0 Å². The van der Waals surface area contributed by atoms with Crippen molar-refractivity contribution in [3.05, 3.63) is 94.8 Å². The number of sulfonamides is 1. The first-order valence-electron chi connectivity index (χ1n) is 11.9. The van der Waals surface area contributed by atoms with E-state index in [9.17, 15) is 22.4 Å². The molecule has 37 heavy (non-hydrogen) atoms. The number of rotatable bonds is 4. The third kappa shape index (κ3) is 5.00. The molecule has 2 heterocycles. The van der Waals surface area contributed by atoms with E-state index in [0.717, 1.165) is 5.56 Å². The minimum Gasteiger partial charge on any atom is -0.379 e. The first kappa shape index (κ1) is 25.1. The SMILES string of the molecule is Cc1ccc2c(c1)[C@@H](c1ccc(F)cc1)N(C(=O)c1ccc(S(=O)(=O)N3CCOCC3)cc1)CC(=O)N2. The average molecular weight is 524 g/mol. The summed E-state index contributed by atoms with van der Waals surface area (Å²) in [6.07, 6.45) is 0. The van der Waals surface area contributed by atoms with Gasteiger partial charge in [-0.15, -0.1) is 0 Å². The van der Waals surface area contributed by atoms with Crippen LogP contribution in [-0.4, -0.2) is 62.3 Å². The second-order valence-corrected chi connectivity index (χ2v) is 11.0. The lowest BCUT2D eigenvalue weighted by atomic mass is 9.94.